The summed E-state index contributed by atoms with van der Waals surface area (Å²) >= 11 is 0. The predicted molar refractivity (Wildman–Crippen MR) is 118 cm³/mol. The fourth-order valence-corrected chi connectivity index (χ4v) is 8.08. The second kappa shape index (κ2) is 7.08. The molecule has 7 nitrogen and oxygen atoms in total. The summed E-state index contributed by atoms with van der Waals surface area (Å²) in [4.78, 5) is 37.1. The Morgan fingerprint density at radius 3 is 2.62 bits per heavy atom. The Hall–Kier alpha value is -1.90. The quantitative estimate of drug-likeness (QED) is 0.625. The highest BCUT2D eigenvalue weighted by Gasteiger charge is 2.80. The molecule has 0 amide bonds. The van der Waals surface area contributed by atoms with Crippen LogP contribution in [0.1, 0.15) is 60.3 Å². The second-order valence-corrected chi connectivity index (χ2v) is 11.5. The SMILES string of the molecule is CC(=O)OCC(=O)[C@]12OC(C)(C)O[C@@H]1C[C@@H]1[C@H]3CCC4=CC(=O)C=C[C@]4(C)[C@]3(F)[C@@H](O)C[C@@]12C. The summed E-state index contributed by atoms with van der Waals surface area (Å²) < 4.78 is 34.9. The van der Waals surface area contributed by atoms with Crippen molar-refractivity contribution in [2.75, 3.05) is 6.61 Å². The van der Waals surface area contributed by atoms with E-state index in [-0.39, 0.29) is 18.1 Å². The third-order valence-electron chi connectivity index (χ3n) is 9.45. The van der Waals surface area contributed by atoms with Gasteiger partial charge in [-0.25, -0.2) is 4.39 Å². The minimum atomic E-state index is -2.01. The Kier molecular flexibility index (Phi) is 4.96. The van der Waals surface area contributed by atoms with E-state index in [1.165, 1.54) is 19.1 Å². The van der Waals surface area contributed by atoms with Crippen molar-refractivity contribution < 1.29 is 38.1 Å². The lowest BCUT2D eigenvalue weighted by Crippen LogP contribution is -2.70. The average molecular weight is 477 g/mol. The number of alkyl halides is 1. The molecule has 4 fully saturated rings. The zero-order chi connectivity index (χ0) is 24.9. The van der Waals surface area contributed by atoms with E-state index in [2.05, 4.69) is 0 Å². The van der Waals surface area contributed by atoms with E-state index in [0.29, 0.717) is 24.8 Å². The van der Waals surface area contributed by atoms with Crippen LogP contribution in [0.15, 0.2) is 23.8 Å². The largest absolute Gasteiger partial charge is 0.458 e. The lowest BCUT2D eigenvalue weighted by atomic mass is 9.44. The summed E-state index contributed by atoms with van der Waals surface area (Å²) in [6.45, 7) is 7.86. The van der Waals surface area contributed by atoms with E-state index in [9.17, 15) is 19.5 Å². The Morgan fingerprint density at radius 1 is 1.24 bits per heavy atom. The van der Waals surface area contributed by atoms with Crippen LogP contribution in [0.5, 0.6) is 0 Å². The van der Waals surface area contributed by atoms with Gasteiger partial charge in [0.1, 0.15) is 0 Å². The minimum Gasteiger partial charge on any atom is -0.458 e. The molecule has 1 heterocycles. The van der Waals surface area contributed by atoms with Gasteiger partial charge in [0.05, 0.1) is 12.2 Å². The number of allylic oxidation sites excluding steroid dienone is 4. The predicted octanol–water partition coefficient (Wildman–Crippen LogP) is 2.99. The Bertz CT molecular complexity index is 1030. The van der Waals surface area contributed by atoms with E-state index < -0.39 is 64.4 Å². The first-order valence-electron chi connectivity index (χ1n) is 12.1. The molecule has 0 aromatic rings. The van der Waals surface area contributed by atoms with Gasteiger partial charge >= 0.3 is 5.97 Å². The number of rotatable bonds is 3. The molecule has 5 aliphatic rings. The van der Waals surface area contributed by atoms with Crippen molar-refractivity contribution in [3.63, 3.8) is 0 Å². The number of Topliss-reactive ketones (excluding diaryl/α,β-unsaturated/α-hetero) is 1. The lowest BCUT2D eigenvalue weighted by molar-refractivity contribution is -0.246. The number of esters is 1. The van der Waals surface area contributed by atoms with E-state index in [0.717, 1.165) is 0 Å². The van der Waals surface area contributed by atoms with Crippen LogP contribution in [0.3, 0.4) is 0 Å². The number of hydrogen-bond donors (Lipinski definition) is 1. The van der Waals surface area contributed by atoms with Gasteiger partial charge in [0.2, 0.25) is 5.78 Å². The van der Waals surface area contributed by atoms with Gasteiger partial charge < -0.3 is 19.3 Å². The van der Waals surface area contributed by atoms with Gasteiger partial charge in [-0.3, -0.25) is 14.4 Å². The molecule has 0 spiro atoms. The Balaban J connectivity index is 1.60. The molecule has 0 radical (unpaired) electrons. The van der Waals surface area contributed by atoms with Gasteiger partial charge in [0.25, 0.3) is 0 Å². The highest BCUT2D eigenvalue weighted by atomic mass is 19.1. The topological polar surface area (TPSA) is 99.1 Å². The molecule has 186 valence electrons. The monoisotopic (exact) mass is 476 g/mol. The number of ether oxygens (including phenoxy) is 3. The number of hydrogen-bond acceptors (Lipinski definition) is 7. The third-order valence-corrected chi connectivity index (χ3v) is 9.45. The first kappa shape index (κ1) is 23.8. The van der Waals surface area contributed by atoms with Crippen LogP contribution in [-0.4, -0.2) is 58.5 Å². The lowest BCUT2D eigenvalue weighted by Gasteiger charge is -2.62. The molecular formula is C26H33FO7. The molecule has 0 aromatic carbocycles. The van der Waals surface area contributed by atoms with Crippen molar-refractivity contribution in [2.45, 2.75) is 89.6 Å². The van der Waals surface area contributed by atoms with Gasteiger partial charge in [-0.05, 0) is 64.5 Å². The Morgan fingerprint density at radius 2 is 1.94 bits per heavy atom. The summed E-state index contributed by atoms with van der Waals surface area (Å²) in [5.41, 5.74) is -4.82. The first-order chi connectivity index (χ1) is 15.7. The number of aliphatic hydroxyl groups is 1. The van der Waals surface area contributed by atoms with Crippen LogP contribution >= 0.6 is 0 Å². The zero-order valence-electron chi connectivity index (χ0n) is 20.4. The van der Waals surface area contributed by atoms with E-state index in [1.807, 2.05) is 6.92 Å². The number of carbonyl (C=O) groups is 3. The molecule has 1 saturated heterocycles. The van der Waals surface area contributed by atoms with Crippen molar-refractivity contribution in [2.24, 2.45) is 22.7 Å². The van der Waals surface area contributed by atoms with Crippen molar-refractivity contribution in [3.05, 3.63) is 23.8 Å². The van der Waals surface area contributed by atoms with Crippen LogP contribution < -0.4 is 0 Å². The number of fused-ring (bicyclic) bond motifs is 7. The summed E-state index contributed by atoms with van der Waals surface area (Å²) in [5.74, 6) is -3.11. The molecule has 1 N–H and O–H groups in total. The van der Waals surface area contributed by atoms with Gasteiger partial charge in [0.15, 0.2) is 29.4 Å². The summed E-state index contributed by atoms with van der Waals surface area (Å²) in [6.07, 6.45) is 3.81. The molecule has 0 bridgehead atoms. The average Bonchev–Trinajstić information content (AvgIpc) is 3.14. The van der Waals surface area contributed by atoms with Crippen molar-refractivity contribution in [3.8, 4) is 0 Å². The van der Waals surface area contributed by atoms with E-state index in [4.69, 9.17) is 14.2 Å². The standard InChI is InChI=1S/C26H33FO7/c1-14(28)32-13-20(31)26-21(33-22(2,3)34-26)11-18-17-7-6-15-10-16(29)8-9-23(15,4)25(17,27)19(30)12-24(18,26)5/h8-10,17-19,21,30H,6-7,11-13H2,1-5H3/t17-,18-,19+,21-,23+,24+,25-,26+/m1/s1. The molecule has 4 aliphatic carbocycles. The van der Waals surface area contributed by atoms with Gasteiger partial charge in [-0.1, -0.05) is 18.6 Å². The normalized spacial score (nSPS) is 48.3. The maximum Gasteiger partial charge on any atom is 0.303 e. The maximum atomic E-state index is 17.3. The molecule has 34 heavy (non-hydrogen) atoms. The molecule has 8 heteroatoms. The summed E-state index contributed by atoms with van der Waals surface area (Å²) in [7, 11) is 0. The molecule has 3 saturated carbocycles. The highest BCUT2D eigenvalue weighted by molar-refractivity contribution is 6.01. The van der Waals surface area contributed by atoms with Crippen LogP contribution in [-0.2, 0) is 28.6 Å². The second-order valence-electron chi connectivity index (χ2n) is 11.5. The number of aliphatic hydroxyl groups excluding tert-OH is 1. The molecule has 8 atom stereocenters. The van der Waals surface area contributed by atoms with Crippen LogP contribution in [0.2, 0.25) is 0 Å². The first-order valence-corrected chi connectivity index (χ1v) is 12.1. The van der Waals surface area contributed by atoms with Crippen molar-refractivity contribution >= 4 is 17.5 Å². The third kappa shape index (κ3) is 2.76. The van der Waals surface area contributed by atoms with E-state index in [1.54, 1.807) is 26.8 Å². The molecule has 0 unspecified atom stereocenters. The maximum absolute atomic E-state index is 17.3. The number of halogens is 1. The van der Waals surface area contributed by atoms with Crippen LogP contribution in [0, 0.1) is 22.7 Å². The molecular weight excluding hydrogens is 443 g/mol. The summed E-state index contributed by atoms with van der Waals surface area (Å²) in [5, 5.41) is 11.5. The van der Waals surface area contributed by atoms with Crippen LogP contribution in [0.4, 0.5) is 4.39 Å². The summed E-state index contributed by atoms with van der Waals surface area (Å²) in [6, 6.07) is 0. The molecule has 1 aliphatic heterocycles. The van der Waals surface area contributed by atoms with Crippen molar-refractivity contribution in [1.29, 1.82) is 0 Å². The highest BCUT2D eigenvalue weighted by Crippen LogP contribution is 2.72. The molecule has 0 aromatic heterocycles. The fourth-order valence-electron chi connectivity index (χ4n) is 8.08. The van der Waals surface area contributed by atoms with Gasteiger partial charge in [-0.2, -0.15) is 0 Å². The van der Waals surface area contributed by atoms with E-state index >= 15 is 4.39 Å². The fraction of sp³-hybridized carbons (Fsp3) is 0.731. The van der Waals surface area contributed by atoms with Crippen LogP contribution in [0.25, 0.3) is 0 Å². The van der Waals surface area contributed by atoms with Crippen molar-refractivity contribution in [1.82, 2.24) is 0 Å². The van der Waals surface area contributed by atoms with Gasteiger partial charge in [-0.15, -0.1) is 0 Å². The zero-order valence-corrected chi connectivity index (χ0v) is 20.4. The van der Waals surface area contributed by atoms with Gasteiger partial charge in [0, 0.05) is 23.7 Å². The number of ketones is 2. The number of carbonyl (C=O) groups excluding carboxylic acids is 3. The minimum absolute atomic E-state index is 0.0168. The smallest absolute Gasteiger partial charge is 0.303 e. The molecule has 5 rings (SSSR count). The Labute approximate surface area is 198 Å².